The highest BCUT2D eigenvalue weighted by atomic mass is 35.5. The van der Waals surface area contributed by atoms with Crippen LogP contribution in [0, 0.1) is 17.2 Å². The lowest BCUT2D eigenvalue weighted by atomic mass is 9.77. The zero-order chi connectivity index (χ0) is 11.4. The Balaban J connectivity index is 2.10. The number of nitrogens with one attached hydrogen (secondary N) is 1. The summed E-state index contributed by atoms with van der Waals surface area (Å²) >= 11 is 5.88. The van der Waals surface area contributed by atoms with Crippen molar-refractivity contribution < 1.29 is 0 Å². The van der Waals surface area contributed by atoms with E-state index in [1.807, 2.05) is 12.1 Å². The van der Waals surface area contributed by atoms with Gasteiger partial charge in [0, 0.05) is 11.1 Å². The van der Waals surface area contributed by atoms with Crippen LogP contribution < -0.4 is 5.32 Å². The van der Waals surface area contributed by atoms with Crippen molar-refractivity contribution in [1.29, 1.82) is 5.26 Å². The first-order chi connectivity index (χ1) is 7.81. The Hall–Kier alpha value is -1.04. The highest BCUT2D eigenvalue weighted by molar-refractivity contribution is 6.30. The molecule has 0 saturated heterocycles. The Morgan fingerprint density at radius 2 is 2.06 bits per heavy atom. The quantitative estimate of drug-likeness (QED) is 0.812. The lowest BCUT2D eigenvalue weighted by molar-refractivity contribution is 0.235. The highest BCUT2D eigenvalue weighted by Gasteiger charge is 2.27. The second kappa shape index (κ2) is 5.34. The third-order valence-corrected chi connectivity index (χ3v) is 3.50. The maximum absolute atomic E-state index is 8.65. The van der Waals surface area contributed by atoms with E-state index in [9.17, 15) is 0 Å². The van der Waals surface area contributed by atoms with Crippen molar-refractivity contribution in [3.63, 3.8) is 0 Å². The summed E-state index contributed by atoms with van der Waals surface area (Å²) in [5.74, 6) is 0.675. The van der Waals surface area contributed by atoms with Gasteiger partial charge in [0.05, 0.1) is 12.6 Å². The third kappa shape index (κ3) is 2.55. The number of hydrogen-bond acceptors (Lipinski definition) is 2. The minimum atomic E-state index is 0.311. The van der Waals surface area contributed by atoms with Crippen molar-refractivity contribution in [2.24, 2.45) is 5.92 Å². The topological polar surface area (TPSA) is 35.8 Å². The molecule has 1 saturated carbocycles. The lowest BCUT2D eigenvalue weighted by Crippen LogP contribution is -2.32. The number of hydrogen-bond donors (Lipinski definition) is 1. The molecule has 1 aliphatic carbocycles. The Morgan fingerprint density at radius 1 is 1.38 bits per heavy atom. The van der Waals surface area contributed by atoms with Gasteiger partial charge in [-0.05, 0) is 36.5 Å². The Morgan fingerprint density at radius 3 is 2.56 bits per heavy atom. The van der Waals surface area contributed by atoms with Crippen molar-refractivity contribution in [2.45, 2.75) is 25.3 Å². The first kappa shape index (κ1) is 11.4. The van der Waals surface area contributed by atoms with Crippen LogP contribution in [0.25, 0.3) is 0 Å². The van der Waals surface area contributed by atoms with Crippen LogP contribution in [0.2, 0.25) is 5.02 Å². The number of nitriles is 1. The molecule has 1 aliphatic rings. The van der Waals surface area contributed by atoms with E-state index in [-0.39, 0.29) is 0 Å². The molecule has 1 atom stereocenters. The maximum Gasteiger partial charge on any atom is 0.0845 e. The Kier molecular flexibility index (Phi) is 3.82. The van der Waals surface area contributed by atoms with Gasteiger partial charge in [0.2, 0.25) is 0 Å². The minimum absolute atomic E-state index is 0.311. The number of rotatable bonds is 4. The van der Waals surface area contributed by atoms with E-state index in [0.29, 0.717) is 18.5 Å². The van der Waals surface area contributed by atoms with Crippen molar-refractivity contribution in [2.75, 3.05) is 6.54 Å². The van der Waals surface area contributed by atoms with Gasteiger partial charge in [-0.1, -0.05) is 30.2 Å². The molecule has 1 N–H and O–H groups in total. The van der Waals surface area contributed by atoms with Gasteiger partial charge >= 0.3 is 0 Å². The summed E-state index contributed by atoms with van der Waals surface area (Å²) in [6, 6.07) is 10.4. The van der Waals surface area contributed by atoms with Crippen LogP contribution in [0.5, 0.6) is 0 Å². The molecule has 84 valence electrons. The predicted octanol–water partition coefficient (Wildman–Crippen LogP) is 3.29. The van der Waals surface area contributed by atoms with E-state index in [1.54, 1.807) is 0 Å². The highest BCUT2D eigenvalue weighted by Crippen LogP contribution is 2.37. The van der Waals surface area contributed by atoms with Crippen LogP contribution >= 0.6 is 11.6 Å². The van der Waals surface area contributed by atoms with Crippen molar-refractivity contribution in [1.82, 2.24) is 5.32 Å². The van der Waals surface area contributed by atoms with Crippen molar-refractivity contribution in [3.05, 3.63) is 34.9 Å². The molecule has 0 bridgehead atoms. The van der Waals surface area contributed by atoms with Crippen LogP contribution in [-0.2, 0) is 0 Å². The molecule has 0 aliphatic heterocycles. The molecular formula is C13H15ClN2. The Labute approximate surface area is 101 Å². The summed E-state index contributed by atoms with van der Waals surface area (Å²) in [5.41, 5.74) is 1.24. The fourth-order valence-corrected chi connectivity index (χ4v) is 2.28. The average Bonchev–Trinajstić information content (AvgIpc) is 2.23. The molecule has 2 rings (SSSR count). The molecule has 1 unspecified atom stereocenters. The summed E-state index contributed by atoms with van der Waals surface area (Å²) in [7, 11) is 0. The van der Waals surface area contributed by atoms with E-state index in [2.05, 4.69) is 23.5 Å². The number of halogens is 1. The van der Waals surface area contributed by atoms with Crippen LogP contribution in [0.15, 0.2) is 24.3 Å². The van der Waals surface area contributed by atoms with E-state index < -0.39 is 0 Å². The van der Waals surface area contributed by atoms with E-state index in [0.717, 1.165) is 5.02 Å². The number of nitrogens with zero attached hydrogens (tertiary/aromatic N) is 1. The standard InChI is InChI=1S/C13H15ClN2/c14-12-6-4-11(5-7-12)13(16-9-8-15)10-2-1-3-10/h4-7,10,13,16H,1-3,9H2. The Bertz CT molecular complexity index is 376. The monoisotopic (exact) mass is 234 g/mol. The molecule has 0 amide bonds. The molecule has 3 heteroatoms. The lowest BCUT2D eigenvalue weighted by Gasteiger charge is -2.34. The second-order valence-electron chi connectivity index (χ2n) is 4.26. The average molecular weight is 235 g/mol. The smallest absolute Gasteiger partial charge is 0.0845 e. The second-order valence-corrected chi connectivity index (χ2v) is 4.70. The van der Waals surface area contributed by atoms with Gasteiger partial charge in [-0.2, -0.15) is 5.26 Å². The van der Waals surface area contributed by atoms with Gasteiger partial charge in [0.15, 0.2) is 0 Å². The van der Waals surface area contributed by atoms with Crippen LogP contribution in [0.3, 0.4) is 0 Å². The minimum Gasteiger partial charge on any atom is -0.297 e. The fraction of sp³-hybridized carbons (Fsp3) is 0.462. The van der Waals surface area contributed by atoms with Gasteiger partial charge < -0.3 is 0 Å². The van der Waals surface area contributed by atoms with Gasteiger partial charge in [0.1, 0.15) is 0 Å². The molecule has 0 heterocycles. The maximum atomic E-state index is 8.65. The molecule has 2 nitrogen and oxygen atoms in total. The molecule has 16 heavy (non-hydrogen) atoms. The van der Waals surface area contributed by atoms with E-state index in [1.165, 1.54) is 24.8 Å². The summed E-state index contributed by atoms with van der Waals surface area (Å²) < 4.78 is 0. The van der Waals surface area contributed by atoms with E-state index in [4.69, 9.17) is 16.9 Å². The molecule has 0 radical (unpaired) electrons. The predicted molar refractivity (Wildman–Crippen MR) is 65.1 cm³/mol. The zero-order valence-corrected chi connectivity index (χ0v) is 9.87. The van der Waals surface area contributed by atoms with Gasteiger partial charge in [-0.15, -0.1) is 0 Å². The molecule has 1 aromatic rings. The summed E-state index contributed by atoms with van der Waals surface area (Å²) in [6.45, 7) is 0.407. The van der Waals surface area contributed by atoms with Crippen molar-refractivity contribution >= 4 is 11.6 Å². The van der Waals surface area contributed by atoms with Crippen LogP contribution in [-0.4, -0.2) is 6.54 Å². The van der Waals surface area contributed by atoms with Gasteiger partial charge in [-0.25, -0.2) is 0 Å². The fourth-order valence-electron chi connectivity index (χ4n) is 2.16. The SMILES string of the molecule is N#CCNC(c1ccc(Cl)cc1)C1CCC1. The summed E-state index contributed by atoms with van der Waals surface area (Å²) in [6.07, 6.45) is 3.82. The molecule has 0 spiro atoms. The van der Waals surface area contributed by atoms with E-state index >= 15 is 0 Å². The summed E-state index contributed by atoms with van der Waals surface area (Å²) in [5, 5.41) is 12.7. The zero-order valence-electron chi connectivity index (χ0n) is 9.12. The van der Waals surface area contributed by atoms with Crippen LogP contribution in [0.1, 0.15) is 30.9 Å². The number of benzene rings is 1. The third-order valence-electron chi connectivity index (χ3n) is 3.25. The normalized spacial score (nSPS) is 17.5. The summed E-state index contributed by atoms with van der Waals surface area (Å²) in [4.78, 5) is 0. The van der Waals surface area contributed by atoms with Gasteiger partial charge in [0.25, 0.3) is 0 Å². The largest absolute Gasteiger partial charge is 0.297 e. The molecule has 1 aromatic carbocycles. The van der Waals surface area contributed by atoms with Crippen molar-refractivity contribution in [3.8, 4) is 6.07 Å². The molecule has 1 fully saturated rings. The van der Waals surface area contributed by atoms with Gasteiger partial charge in [-0.3, -0.25) is 5.32 Å². The van der Waals surface area contributed by atoms with Crippen LogP contribution in [0.4, 0.5) is 0 Å². The first-order valence-corrected chi connectivity index (χ1v) is 6.05. The molecular weight excluding hydrogens is 220 g/mol. The first-order valence-electron chi connectivity index (χ1n) is 5.67. The molecule has 0 aromatic heterocycles.